The third-order valence-electron chi connectivity index (χ3n) is 4.58. The fraction of sp³-hybridized carbons (Fsp3) is 0.588. The van der Waals surface area contributed by atoms with E-state index < -0.39 is 20.5 Å². The van der Waals surface area contributed by atoms with Crippen LogP contribution in [0.2, 0.25) is 0 Å². The van der Waals surface area contributed by atoms with Crippen LogP contribution in [0.1, 0.15) is 55.8 Å². The van der Waals surface area contributed by atoms with Gasteiger partial charge in [-0.15, -0.1) is 0 Å². The number of carbonyl (C=O) groups is 1. The molecule has 1 aliphatic carbocycles. The van der Waals surface area contributed by atoms with Crippen molar-refractivity contribution in [1.29, 1.82) is 0 Å². The molecule has 0 spiro atoms. The summed E-state index contributed by atoms with van der Waals surface area (Å²) in [6.45, 7) is 2.14. The Morgan fingerprint density at radius 2 is 1.92 bits per heavy atom. The van der Waals surface area contributed by atoms with Crippen molar-refractivity contribution in [3.8, 4) is 0 Å². The van der Waals surface area contributed by atoms with Gasteiger partial charge in [-0.25, -0.2) is 8.42 Å². The molecular weight excluding hydrogens is 336 g/mol. The van der Waals surface area contributed by atoms with Crippen LogP contribution in [0.4, 0.5) is 8.78 Å². The predicted molar refractivity (Wildman–Crippen MR) is 87.8 cm³/mol. The van der Waals surface area contributed by atoms with Gasteiger partial charge in [0.25, 0.3) is 5.91 Å². The van der Waals surface area contributed by atoms with Crippen molar-refractivity contribution in [2.45, 2.75) is 62.1 Å². The lowest BCUT2D eigenvalue weighted by molar-refractivity contribution is 0.0926. The maximum atomic E-state index is 12.5. The molecule has 0 saturated heterocycles. The lowest BCUT2D eigenvalue weighted by atomic mass is 9.96. The molecular formula is C17H23F2NO3S. The number of nitrogens with one attached hydrogen (secondary N) is 1. The second-order valence-electron chi connectivity index (χ2n) is 6.24. The zero-order valence-corrected chi connectivity index (χ0v) is 14.5. The van der Waals surface area contributed by atoms with E-state index in [4.69, 9.17) is 0 Å². The molecule has 134 valence electrons. The third-order valence-corrected chi connectivity index (χ3v) is 5.98. The van der Waals surface area contributed by atoms with Crippen LogP contribution in [-0.4, -0.2) is 26.1 Å². The summed E-state index contributed by atoms with van der Waals surface area (Å²) >= 11 is 0. The van der Waals surface area contributed by atoms with Crippen LogP contribution in [0.5, 0.6) is 0 Å². The summed E-state index contributed by atoms with van der Waals surface area (Å²) < 4.78 is 47.8. The van der Waals surface area contributed by atoms with E-state index in [1.165, 1.54) is 12.1 Å². The van der Waals surface area contributed by atoms with Gasteiger partial charge in [-0.2, -0.15) is 8.78 Å². The number of unbranched alkanes of at least 4 members (excludes halogenated alkanes) is 1. The second kappa shape index (κ2) is 8.05. The van der Waals surface area contributed by atoms with Crippen LogP contribution in [0.25, 0.3) is 0 Å². The first-order chi connectivity index (χ1) is 11.4. The van der Waals surface area contributed by atoms with Gasteiger partial charge < -0.3 is 5.32 Å². The van der Waals surface area contributed by atoms with E-state index >= 15 is 0 Å². The molecule has 2 unspecified atom stereocenters. The van der Waals surface area contributed by atoms with Crippen molar-refractivity contribution in [3.05, 3.63) is 29.8 Å². The summed E-state index contributed by atoms with van der Waals surface area (Å²) in [5.41, 5.74) is 0.282. The molecule has 2 atom stereocenters. The Balaban J connectivity index is 2.03. The van der Waals surface area contributed by atoms with Crippen LogP contribution >= 0.6 is 0 Å². The molecule has 1 saturated carbocycles. The predicted octanol–water partition coefficient (Wildman–Crippen LogP) is 3.77. The van der Waals surface area contributed by atoms with Gasteiger partial charge >= 0.3 is 5.76 Å². The molecule has 0 bridgehead atoms. The highest BCUT2D eigenvalue weighted by Crippen LogP contribution is 2.30. The van der Waals surface area contributed by atoms with Gasteiger partial charge in [0.1, 0.15) is 0 Å². The zero-order valence-electron chi connectivity index (χ0n) is 13.7. The van der Waals surface area contributed by atoms with Crippen molar-refractivity contribution in [2.24, 2.45) is 5.92 Å². The van der Waals surface area contributed by atoms with E-state index in [0.717, 1.165) is 50.7 Å². The largest absolute Gasteiger partial charge is 0.349 e. The summed E-state index contributed by atoms with van der Waals surface area (Å²) in [5.74, 6) is -3.27. The molecule has 0 aliphatic heterocycles. The van der Waals surface area contributed by atoms with Crippen LogP contribution < -0.4 is 5.32 Å². The number of carbonyl (C=O) groups excluding carboxylic acids is 1. The monoisotopic (exact) mass is 359 g/mol. The molecule has 1 aromatic carbocycles. The maximum Gasteiger partial charge on any atom is 0.341 e. The molecule has 7 heteroatoms. The van der Waals surface area contributed by atoms with Crippen molar-refractivity contribution in [2.75, 3.05) is 0 Å². The minimum atomic E-state index is -4.63. The summed E-state index contributed by atoms with van der Waals surface area (Å²) in [6.07, 6.45) is 6.49. The molecule has 1 fully saturated rings. The molecule has 1 aliphatic rings. The van der Waals surface area contributed by atoms with Crippen LogP contribution in [0, 0.1) is 5.92 Å². The van der Waals surface area contributed by atoms with Gasteiger partial charge in [0.15, 0.2) is 0 Å². The Labute approximate surface area is 141 Å². The van der Waals surface area contributed by atoms with Crippen molar-refractivity contribution < 1.29 is 22.0 Å². The molecule has 0 heterocycles. The average molecular weight is 359 g/mol. The standard InChI is InChI=1S/C17H23F2NO3S/c1-2-3-5-12-6-4-7-15(12)20-16(21)13-8-10-14(11-9-13)24(22,23)17(18)19/h8-12,15,17H,2-7H2,1H3,(H,20,21). The van der Waals surface area contributed by atoms with Gasteiger partial charge in [-0.1, -0.05) is 26.2 Å². The fourth-order valence-electron chi connectivity index (χ4n) is 3.19. The Morgan fingerprint density at radius 1 is 1.25 bits per heavy atom. The average Bonchev–Trinajstić information content (AvgIpc) is 2.99. The third kappa shape index (κ3) is 4.32. The molecule has 2 rings (SSSR count). The van der Waals surface area contributed by atoms with Gasteiger partial charge in [0.05, 0.1) is 4.90 Å². The molecule has 1 aromatic rings. The minimum Gasteiger partial charge on any atom is -0.349 e. The Bertz CT molecular complexity index is 659. The number of sulfone groups is 1. The number of halogens is 2. The summed E-state index contributed by atoms with van der Waals surface area (Å²) in [6, 6.07) is 4.80. The lowest BCUT2D eigenvalue weighted by Crippen LogP contribution is -2.37. The topological polar surface area (TPSA) is 63.2 Å². The van der Waals surface area contributed by atoms with E-state index in [9.17, 15) is 22.0 Å². The van der Waals surface area contributed by atoms with Crippen molar-refractivity contribution in [1.82, 2.24) is 5.32 Å². The smallest absolute Gasteiger partial charge is 0.341 e. The van der Waals surface area contributed by atoms with E-state index in [0.29, 0.717) is 5.92 Å². The second-order valence-corrected chi connectivity index (χ2v) is 8.16. The number of hydrogen-bond donors (Lipinski definition) is 1. The van der Waals surface area contributed by atoms with Gasteiger partial charge in [-0.3, -0.25) is 4.79 Å². The van der Waals surface area contributed by atoms with E-state index in [1.54, 1.807) is 0 Å². The van der Waals surface area contributed by atoms with Crippen LogP contribution in [0.15, 0.2) is 29.2 Å². The number of alkyl halides is 2. The normalized spacial score (nSPS) is 21.2. The van der Waals surface area contributed by atoms with Gasteiger partial charge in [-0.05, 0) is 49.4 Å². The lowest BCUT2D eigenvalue weighted by Gasteiger charge is -2.21. The highest BCUT2D eigenvalue weighted by molar-refractivity contribution is 7.91. The first-order valence-corrected chi connectivity index (χ1v) is 9.84. The highest BCUT2D eigenvalue weighted by atomic mass is 32.2. The van der Waals surface area contributed by atoms with Gasteiger partial charge in [0, 0.05) is 11.6 Å². The summed E-state index contributed by atoms with van der Waals surface area (Å²) in [5, 5.41) is 3.00. The fourth-order valence-corrected chi connectivity index (χ4v) is 3.91. The Kier molecular flexibility index (Phi) is 6.32. The molecule has 0 aromatic heterocycles. The molecule has 4 nitrogen and oxygen atoms in total. The number of rotatable bonds is 7. The molecule has 24 heavy (non-hydrogen) atoms. The van der Waals surface area contributed by atoms with Crippen LogP contribution in [0.3, 0.4) is 0 Å². The van der Waals surface area contributed by atoms with Gasteiger partial charge in [0.2, 0.25) is 9.84 Å². The first kappa shape index (κ1) is 18.8. The number of amides is 1. The van der Waals surface area contributed by atoms with Crippen LogP contribution in [-0.2, 0) is 9.84 Å². The Morgan fingerprint density at radius 3 is 2.50 bits per heavy atom. The molecule has 1 N–H and O–H groups in total. The SMILES string of the molecule is CCCCC1CCCC1NC(=O)c1ccc(S(=O)(=O)C(F)F)cc1. The van der Waals surface area contributed by atoms with Crippen molar-refractivity contribution in [3.63, 3.8) is 0 Å². The maximum absolute atomic E-state index is 12.5. The van der Waals surface area contributed by atoms with E-state index in [-0.39, 0.29) is 17.5 Å². The number of hydrogen-bond acceptors (Lipinski definition) is 3. The number of benzene rings is 1. The van der Waals surface area contributed by atoms with E-state index in [1.807, 2.05) is 0 Å². The summed E-state index contributed by atoms with van der Waals surface area (Å²) in [7, 11) is -4.63. The summed E-state index contributed by atoms with van der Waals surface area (Å²) in [4.78, 5) is 11.8. The van der Waals surface area contributed by atoms with Crippen molar-refractivity contribution >= 4 is 15.7 Å². The molecule has 0 radical (unpaired) electrons. The first-order valence-electron chi connectivity index (χ1n) is 8.29. The molecule has 1 amide bonds. The Hall–Kier alpha value is -1.50. The van der Waals surface area contributed by atoms with E-state index in [2.05, 4.69) is 12.2 Å². The minimum absolute atomic E-state index is 0.133. The highest BCUT2D eigenvalue weighted by Gasteiger charge is 2.29. The zero-order chi connectivity index (χ0) is 17.7. The quantitative estimate of drug-likeness (QED) is 0.806.